The largest absolute Gasteiger partial charge is 0.335 e. The monoisotopic (exact) mass is 335 g/mol. The topological polar surface area (TPSA) is 29.9 Å². The van der Waals surface area contributed by atoms with Gasteiger partial charge in [-0.05, 0) is 31.5 Å². The van der Waals surface area contributed by atoms with Gasteiger partial charge in [0.25, 0.3) is 0 Å². The molecular formula is C16H22BrN3. The molecule has 1 unspecified atom stereocenters. The van der Waals surface area contributed by atoms with Crippen LogP contribution in [0, 0.1) is 0 Å². The molecule has 0 saturated carbocycles. The first-order valence-electron chi connectivity index (χ1n) is 7.24. The van der Waals surface area contributed by atoms with Gasteiger partial charge in [0.05, 0.1) is 0 Å². The molecule has 1 N–H and O–H groups in total. The zero-order chi connectivity index (χ0) is 14.4. The third-order valence-electron chi connectivity index (χ3n) is 3.45. The first kappa shape index (κ1) is 15.3. The molecule has 0 bridgehead atoms. The van der Waals surface area contributed by atoms with Crippen molar-refractivity contribution in [2.75, 3.05) is 6.54 Å². The molecule has 2 rings (SSSR count). The summed E-state index contributed by atoms with van der Waals surface area (Å²) in [6, 6.07) is 8.71. The Kier molecular flexibility index (Phi) is 5.80. The highest BCUT2D eigenvalue weighted by Crippen LogP contribution is 2.25. The van der Waals surface area contributed by atoms with E-state index in [1.165, 1.54) is 5.56 Å². The van der Waals surface area contributed by atoms with Gasteiger partial charge in [-0.15, -0.1) is 0 Å². The summed E-state index contributed by atoms with van der Waals surface area (Å²) < 4.78 is 3.36. The first-order valence-corrected chi connectivity index (χ1v) is 8.03. The Morgan fingerprint density at radius 3 is 2.80 bits per heavy atom. The summed E-state index contributed by atoms with van der Waals surface area (Å²) in [6.45, 7) is 6.32. The van der Waals surface area contributed by atoms with E-state index < -0.39 is 0 Å². The van der Waals surface area contributed by atoms with Gasteiger partial charge in [0.2, 0.25) is 0 Å². The lowest BCUT2D eigenvalue weighted by molar-refractivity contribution is 0.505. The van der Waals surface area contributed by atoms with E-state index in [9.17, 15) is 0 Å². The predicted octanol–water partition coefficient (Wildman–Crippen LogP) is 3.95. The van der Waals surface area contributed by atoms with Crippen molar-refractivity contribution in [2.24, 2.45) is 0 Å². The van der Waals surface area contributed by atoms with Crippen molar-refractivity contribution >= 4 is 15.9 Å². The number of hydrogen-bond acceptors (Lipinski definition) is 2. The fraction of sp³-hybridized carbons (Fsp3) is 0.438. The second-order valence-electron chi connectivity index (χ2n) is 4.86. The van der Waals surface area contributed by atoms with E-state index in [2.05, 4.69) is 68.9 Å². The Balaban J connectivity index is 2.22. The molecule has 0 radical (unpaired) electrons. The van der Waals surface area contributed by atoms with Crippen LogP contribution < -0.4 is 5.32 Å². The van der Waals surface area contributed by atoms with Crippen molar-refractivity contribution in [1.29, 1.82) is 0 Å². The number of rotatable bonds is 7. The molecule has 1 aromatic carbocycles. The summed E-state index contributed by atoms with van der Waals surface area (Å²) in [4.78, 5) is 4.50. The van der Waals surface area contributed by atoms with Gasteiger partial charge in [-0.3, -0.25) is 0 Å². The van der Waals surface area contributed by atoms with Gasteiger partial charge in [-0.1, -0.05) is 41.1 Å². The third kappa shape index (κ3) is 3.70. The molecule has 0 fully saturated rings. The highest BCUT2D eigenvalue weighted by Gasteiger charge is 2.16. The maximum absolute atomic E-state index is 4.50. The van der Waals surface area contributed by atoms with Crippen molar-refractivity contribution in [1.82, 2.24) is 14.9 Å². The molecule has 0 aliphatic heterocycles. The summed E-state index contributed by atoms with van der Waals surface area (Å²) >= 11 is 3.66. The zero-order valence-corrected chi connectivity index (χ0v) is 13.7. The molecule has 0 amide bonds. The van der Waals surface area contributed by atoms with Crippen LogP contribution in [0.3, 0.4) is 0 Å². The van der Waals surface area contributed by atoms with Crippen molar-refractivity contribution in [2.45, 2.75) is 39.3 Å². The average Bonchev–Trinajstić information content (AvgIpc) is 2.91. The molecule has 1 atom stereocenters. The summed E-state index contributed by atoms with van der Waals surface area (Å²) in [5, 5.41) is 3.63. The van der Waals surface area contributed by atoms with Crippen LogP contribution in [0.1, 0.15) is 37.7 Å². The number of benzene rings is 1. The molecule has 108 valence electrons. The molecule has 0 aliphatic carbocycles. The first-order chi connectivity index (χ1) is 9.76. The molecule has 20 heavy (non-hydrogen) atoms. The van der Waals surface area contributed by atoms with Gasteiger partial charge in [-0.25, -0.2) is 4.98 Å². The normalized spacial score (nSPS) is 12.6. The minimum Gasteiger partial charge on any atom is -0.335 e. The van der Waals surface area contributed by atoms with Gasteiger partial charge < -0.3 is 9.88 Å². The van der Waals surface area contributed by atoms with E-state index in [1.54, 1.807) is 0 Å². The minimum absolute atomic E-state index is 0.290. The Labute approximate surface area is 129 Å². The highest BCUT2D eigenvalue weighted by molar-refractivity contribution is 9.10. The van der Waals surface area contributed by atoms with Gasteiger partial charge in [0, 0.05) is 35.9 Å². The molecule has 0 aliphatic rings. The standard InChI is InChI=1S/C16H22BrN3/c1-3-9-18-15(13-7-5-6-8-14(13)17)12-16-19-10-11-20(16)4-2/h5-8,10-11,15,18H,3-4,9,12H2,1-2H3. The lowest BCUT2D eigenvalue weighted by Crippen LogP contribution is -2.25. The lowest BCUT2D eigenvalue weighted by atomic mass is 10.0. The minimum atomic E-state index is 0.290. The summed E-state index contributed by atoms with van der Waals surface area (Å²) in [5.41, 5.74) is 1.30. The maximum Gasteiger partial charge on any atom is 0.110 e. The van der Waals surface area contributed by atoms with Crippen LogP contribution >= 0.6 is 15.9 Å². The number of aromatic nitrogens is 2. The van der Waals surface area contributed by atoms with Crippen LogP contribution in [-0.4, -0.2) is 16.1 Å². The van der Waals surface area contributed by atoms with Crippen LogP contribution in [-0.2, 0) is 13.0 Å². The number of nitrogens with one attached hydrogen (secondary N) is 1. The van der Waals surface area contributed by atoms with E-state index in [4.69, 9.17) is 0 Å². The summed E-state index contributed by atoms with van der Waals surface area (Å²) in [6.07, 6.45) is 5.97. The fourth-order valence-electron chi connectivity index (χ4n) is 2.37. The predicted molar refractivity (Wildman–Crippen MR) is 86.8 cm³/mol. The number of imidazole rings is 1. The van der Waals surface area contributed by atoms with Crippen LogP contribution in [0.4, 0.5) is 0 Å². The third-order valence-corrected chi connectivity index (χ3v) is 4.17. The van der Waals surface area contributed by atoms with E-state index >= 15 is 0 Å². The molecule has 0 saturated heterocycles. The maximum atomic E-state index is 4.50. The van der Waals surface area contributed by atoms with Gasteiger partial charge in [0.15, 0.2) is 0 Å². The molecule has 0 spiro atoms. The van der Waals surface area contributed by atoms with Crippen molar-refractivity contribution in [3.63, 3.8) is 0 Å². The Bertz CT molecular complexity index is 536. The number of nitrogens with zero attached hydrogens (tertiary/aromatic N) is 2. The summed E-state index contributed by atoms with van der Waals surface area (Å²) in [5.74, 6) is 1.14. The van der Waals surface area contributed by atoms with E-state index in [0.717, 1.165) is 36.2 Å². The van der Waals surface area contributed by atoms with E-state index in [-0.39, 0.29) is 0 Å². The molecule has 1 heterocycles. The highest BCUT2D eigenvalue weighted by atomic mass is 79.9. The van der Waals surface area contributed by atoms with E-state index in [0.29, 0.717) is 6.04 Å². The average molecular weight is 336 g/mol. The lowest BCUT2D eigenvalue weighted by Gasteiger charge is -2.20. The second kappa shape index (κ2) is 7.60. The quantitative estimate of drug-likeness (QED) is 0.830. The van der Waals surface area contributed by atoms with Crippen LogP contribution in [0.5, 0.6) is 0 Å². The van der Waals surface area contributed by atoms with Gasteiger partial charge >= 0.3 is 0 Å². The smallest absolute Gasteiger partial charge is 0.110 e. The number of halogens is 1. The molecule has 3 nitrogen and oxygen atoms in total. The van der Waals surface area contributed by atoms with Crippen LogP contribution in [0.15, 0.2) is 41.1 Å². The van der Waals surface area contributed by atoms with Gasteiger partial charge in [-0.2, -0.15) is 0 Å². The Morgan fingerprint density at radius 1 is 1.30 bits per heavy atom. The molecular weight excluding hydrogens is 314 g/mol. The van der Waals surface area contributed by atoms with Crippen LogP contribution in [0.25, 0.3) is 0 Å². The molecule has 1 aromatic heterocycles. The molecule has 4 heteroatoms. The van der Waals surface area contributed by atoms with Crippen LogP contribution in [0.2, 0.25) is 0 Å². The number of hydrogen-bond donors (Lipinski definition) is 1. The SMILES string of the molecule is CCCNC(Cc1nccn1CC)c1ccccc1Br. The fourth-order valence-corrected chi connectivity index (χ4v) is 2.93. The van der Waals surface area contributed by atoms with Crippen molar-refractivity contribution in [3.8, 4) is 0 Å². The Hall–Kier alpha value is -1.13. The van der Waals surface area contributed by atoms with E-state index in [1.807, 2.05) is 12.4 Å². The van der Waals surface area contributed by atoms with Crippen molar-refractivity contribution in [3.05, 3.63) is 52.5 Å². The Morgan fingerprint density at radius 2 is 2.10 bits per heavy atom. The van der Waals surface area contributed by atoms with Crippen molar-refractivity contribution < 1.29 is 0 Å². The number of aryl methyl sites for hydroxylation is 1. The van der Waals surface area contributed by atoms with Gasteiger partial charge in [0.1, 0.15) is 5.82 Å². The molecule has 2 aromatic rings. The zero-order valence-electron chi connectivity index (χ0n) is 12.1. The second-order valence-corrected chi connectivity index (χ2v) is 5.72. The summed E-state index contributed by atoms with van der Waals surface area (Å²) in [7, 11) is 0.